The Labute approximate surface area is 212 Å². The number of ketones is 1. The number of rotatable bonds is 6. The number of benzene rings is 2. The number of methoxy groups -OCH3 is 1. The van der Waals surface area contributed by atoms with E-state index in [0.717, 1.165) is 16.7 Å². The Bertz CT molecular complexity index is 1330. The highest BCUT2D eigenvalue weighted by Crippen LogP contribution is 2.43. The molecular formula is C30H32N2O4. The maximum atomic E-state index is 13.5. The fraction of sp³-hybridized carbons (Fsp3) is 0.300. The van der Waals surface area contributed by atoms with Gasteiger partial charge in [-0.3, -0.25) is 19.5 Å². The second-order valence-corrected chi connectivity index (χ2v) is 9.73. The van der Waals surface area contributed by atoms with Crippen LogP contribution in [0.4, 0.5) is 5.69 Å². The summed E-state index contributed by atoms with van der Waals surface area (Å²) in [5.74, 6) is -0.481. The maximum absolute atomic E-state index is 13.5. The summed E-state index contributed by atoms with van der Waals surface area (Å²) in [6.07, 6.45) is 1.62. The molecule has 4 rings (SSSR count). The number of ether oxygens (including phenoxy) is 1. The Morgan fingerprint density at radius 2 is 1.69 bits per heavy atom. The van der Waals surface area contributed by atoms with Crippen LogP contribution in [0.25, 0.3) is 5.76 Å². The second-order valence-electron chi connectivity index (χ2n) is 9.73. The van der Waals surface area contributed by atoms with Gasteiger partial charge in [0.2, 0.25) is 0 Å². The van der Waals surface area contributed by atoms with Gasteiger partial charge in [0.25, 0.3) is 11.7 Å². The minimum Gasteiger partial charge on any atom is -0.507 e. The first kappa shape index (κ1) is 25.2. The SMILES string of the molecule is COc1cc(C)c(/C(O)=C2\C(=O)C(=O)N(c3ccc(C(C)C)cc3)C2c2ccccn2)cc1C(C)C. The van der Waals surface area contributed by atoms with E-state index in [1.165, 1.54) is 4.90 Å². The lowest BCUT2D eigenvalue weighted by molar-refractivity contribution is -0.132. The molecule has 36 heavy (non-hydrogen) atoms. The third-order valence-corrected chi connectivity index (χ3v) is 6.70. The van der Waals surface area contributed by atoms with Gasteiger partial charge in [-0.15, -0.1) is 0 Å². The maximum Gasteiger partial charge on any atom is 0.300 e. The Balaban J connectivity index is 1.94. The van der Waals surface area contributed by atoms with Crippen LogP contribution in [-0.2, 0) is 9.59 Å². The molecule has 2 aromatic carbocycles. The molecule has 3 aromatic rings. The minimum absolute atomic E-state index is 0.0228. The lowest BCUT2D eigenvalue weighted by Crippen LogP contribution is -2.29. The Kier molecular flexibility index (Phi) is 6.97. The van der Waals surface area contributed by atoms with Gasteiger partial charge in [-0.1, -0.05) is 45.9 Å². The number of hydrogen-bond acceptors (Lipinski definition) is 5. The number of amides is 1. The molecular weight excluding hydrogens is 452 g/mol. The fourth-order valence-corrected chi connectivity index (χ4v) is 4.66. The highest BCUT2D eigenvalue weighted by atomic mass is 16.5. The summed E-state index contributed by atoms with van der Waals surface area (Å²) in [7, 11) is 1.61. The van der Waals surface area contributed by atoms with Crippen molar-refractivity contribution in [1.29, 1.82) is 0 Å². The van der Waals surface area contributed by atoms with Gasteiger partial charge >= 0.3 is 0 Å². The number of aliphatic hydroxyl groups excluding tert-OH is 1. The number of carbonyl (C=O) groups is 2. The smallest absolute Gasteiger partial charge is 0.300 e. The molecule has 6 heteroatoms. The van der Waals surface area contributed by atoms with E-state index < -0.39 is 17.7 Å². The molecule has 1 saturated heterocycles. The highest BCUT2D eigenvalue weighted by molar-refractivity contribution is 6.51. The first-order valence-electron chi connectivity index (χ1n) is 12.2. The molecule has 0 saturated carbocycles. The van der Waals surface area contributed by atoms with Crippen LogP contribution in [0.3, 0.4) is 0 Å². The van der Waals surface area contributed by atoms with Crippen molar-refractivity contribution in [3.05, 3.63) is 94.3 Å². The lowest BCUT2D eigenvalue weighted by Gasteiger charge is -2.25. The predicted octanol–water partition coefficient (Wildman–Crippen LogP) is 6.27. The summed E-state index contributed by atoms with van der Waals surface area (Å²) >= 11 is 0. The van der Waals surface area contributed by atoms with Crippen LogP contribution in [0.5, 0.6) is 5.75 Å². The van der Waals surface area contributed by atoms with E-state index in [4.69, 9.17) is 4.74 Å². The lowest BCUT2D eigenvalue weighted by atomic mass is 9.92. The number of aromatic nitrogens is 1. The first-order valence-corrected chi connectivity index (χ1v) is 12.2. The van der Waals surface area contributed by atoms with E-state index in [1.807, 2.05) is 57.2 Å². The molecule has 1 atom stereocenters. The van der Waals surface area contributed by atoms with Crippen LogP contribution < -0.4 is 9.64 Å². The van der Waals surface area contributed by atoms with Crippen molar-refractivity contribution in [2.24, 2.45) is 0 Å². The highest BCUT2D eigenvalue weighted by Gasteiger charge is 2.47. The molecule has 1 N–H and O–H groups in total. The minimum atomic E-state index is -0.861. The van der Waals surface area contributed by atoms with Gasteiger partial charge in [0.1, 0.15) is 17.6 Å². The summed E-state index contributed by atoms with van der Waals surface area (Å²) in [5, 5.41) is 11.6. The second kappa shape index (κ2) is 9.97. The molecule has 1 unspecified atom stereocenters. The molecule has 6 nitrogen and oxygen atoms in total. The van der Waals surface area contributed by atoms with Crippen molar-refractivity contribution in [2.75, 3.05) is 12.0 Å². The topological polar surface area (TPSA) is 79.7 Å². The zero-order valence-corrected chi connectivity index (χ0v) is 21.6. The molecule has 1 fully saturated rings. The summed E-state index contributed by atoms with van der Waals surface area (Å²) in [6.45, 7) is 10.1. The number of Topliss-reactive ketones (excluding diaryl/α,β-unsaturated/α-hetero) is 1. The quantitative estimate of drug-likeness (QED) is 0.253. The molecule has 0 bridgehead atoms. The number of aliphatic hydroxyl groups is 1. The zero-order valence-electron chi connectivity index (χ0n) is 21.6. The molecule has 186 valence electrons. The summed E-state index contributed by atoms with van der Waals surface area (Å²) in [5.41, 5.74) is 4.36. The van der Waals surface area contributed by atoms with E-state index >= 15 is 0 Å². The molecule has 2 heterocycles. The molecule has 1 aliphatic rings. The molecule has 1 aromatic heterocycles. The van der Waals surface area contributed by atoms with Crippen molar-refractivity contribution in [1.82, 2.24) is 4.98 Å². The van der Waals surface area contributed by atoms with Crippen LogP contribution in [0, 0.1) is 6.92 Å². The monoisotopic (exact) mass is 484 g/mol. The average molecular weight is 485 g/mol. The number of aryl methyl sites for hydroxylation is 1. The van der Waals surface area contributed by atoms with Crippen LogP contribution in [0.1, 0.15) is 73.5 Å². The first-order chi connectivity index (χ1) is 17.1. The Morgan fingerprint density at radius 1 is 1.00 bits per heavy atom. The molecule has 1 aliphatic heterocycles. The number of pyridine rings is 1. The summed E-state index contributed by atoms with van der Waals surface area (Å²) in [4.78, 5) is 32.7. The predicted molar refractivity (Wildman–Crippen MR) is 141 cm³/mol. The Morgan fingerprint density at radius 3 is 2.25 bits per heavy atom. The number of anilines is 1. The third-order valence-electron chi connectivity index (χ3n) is 6.70. The largest absolute Gasteiger partial charge is 0.507 e. The van der Waals surface area contributed by atoms with Gasteiger partial charge in [0.15, 0.2) is 0 Å². The van der Waals surface area contributed by atoms with E-state index in [-0.39, 0.29) is 17.3 Å². The van der Waals surface area contributed by atoms with Crippen molar-refractivity contribution >= 4 is 23.1 Å². The number of carbonyl (C=O) groups excluding carboxylic acids is 2. The van der Waals surface area contributed by atoms with Crippen molar-refractivity contribution in [3.8, 4) is 5.75 Å². The number of hydrogen-bond donors (Lipinski definition) is 1. The van der Waals surface area contributed by atoms with E-state index in [9.17, 15) is 14.7 Å². The van der Waals surface area contributed by atoms with Crippen molar-refractivity contribution in [2.45, 2.75) is 52.5 Å². The van der Waals surface area contributed by atoms with Gasteiger partial charge in [-0.25, -0.2) is 0 Å². The zero-order chi connectivity index (χ0) is 26.1. The van der Waals surface area contributed by atoms with E-state index in [2.05, 4.69) is 18.8 Å². The van der Waals surface area contributed by atoms with Crippen LogP contribution >= 0.6 is 0 Å². The molecule has 0 radical (unpaired) electrons. The van der Waals surface area contributed by atoms with Gasteiger partial charge in [-0.2, -0.15) is 0 Å². The standard InChI is InChI=1S/C30H32N2O4/c1-17(2)20-10-12-21(13-11-20)32-27(24-9-7-8-14-31-24)26(29(34)30(32)35)28(33)23-16-22(18(3)4)25(36-6)15-19(23)5/h7-18,27,33H,1-6H3/b28-26+. The van der Waals surface area contributed by atoms with Crippen LogP contribution in [0.2, 0.25) is 0 Å². The van der Waals surface area contributed by atoms with Crippen LogP contribution in [0.15, 0.2) is 66.4 Å². The summed E-state index contributed by atoms with van der Waals surface area (Å²) < 4.78 is 5.54. The fourth-order valence-electron chi connectivity index (χ4n) is 4.66. The van der Waals surface area contributed by atoms with Gasteiger partial charge < -0.3 is 9.84 Å². The molecule has 0 aliphatic carbocycles. The molecule has 0 spiro atoms. The van der Waals surface area contributed by atoms with Gasteiger partial charge in [0, 0.05) is 17.4 Å². The third kappa shape index (κ3) is 4.39. The average Bonchev–Trinajstić information content (AvgIpc) is 3.14. The van der Waals surface area contributed by atoms with Crippen molar-refractivity contribution < 1.29 is 19.4 Å². The number of nitrogens with zero attached hydrogens (tertiary/aromatic N) is 2. The van der Waals surface area contributed by atoms with E-state index in [1.54, 1.807) is 31.5 Å². The summed E-state index contributed by atoms with van der Waals surface area (Å²) in [6, 6.07) is 15.8. The normalized spacial score (nSPS) is 17.3. The van der Waals surface area contributed by atoms with E-state index in [0.29, 0.717) is 28.6 Å². The van der Waals surface area contributed by atoms with Crippen LogP contribution in [-0.4, -0.2) is 28.9 Å². The van der Waals surface area contributed by atoms with Gasteiger partial charge in [-0.05, 0) is 71.8 Å². The van der Waals surface area contributed by atoms with Crippen molar-refractivity contribution in [3.63, 3.8) is 0 Å². The Hall–Kier alpha value is -3.93. The molecule has 1 amide bonds. The van der Waals surface area contributed by atoms with Gasteiger partial charge in [0.05, 0.1) is 18.4 Å².